The van der Waals surface area contributed by atoms with E-state index >= 15 is 0 Å². The Kier molecular flexibility index (Phi) is 6.17. The molecule has 0 unspecified atom stereocenters. The SMILES string of the molecule is O=C(/C=C/c1ccc(F)c(Cl)c1)N(CCO)CC(F)(F)F. The fraction of sp³-hybridized carbons (Fsp3) is 0.308. The van der Waals surface area contributed by atoms with Gasteiger partial charge in [0.25, 0.3) is 0 Å². The van der Waals surface area contributed by atoms with E-state index in [0.29, 0.717) is 10.5 Å². The van der Waals surface area contributed by atoms with Gasteiger partial charge in [0.15, 0.2) is 0 Å². The van der Waals surface area contributed by atoms with Crippen molar-refractivity contribution in [3.63, 3.8) is 0 Å². The molecule has 1 aromatic carbocycles. The van der Waals surface area contributed by atoms with Crippen LogP contribution in [0.2, 0.25) is 5.02 Å². The van der Waals surface area contributed by atoms with Crippen molar-refractivity contribution in [2.24, 2.45) is 0 Å². The molecule has 0 aliphatic heterocycles. The van der Waals surface area contributed by atoms with E-state index in [1.54, 1.807) is 0 Å². The molecule has 0 heterocycles. The monoisotopic (exact) mass is 325 g/mol. The highest BCUT2D eigenvalue weighted by Crippen LogP contribution is 2.18. The van der Waals surface area contributed by atoms with E-state index in [1.165, 1.54) is 18.2 Å². The molecule has 1 amide bonds. The lowest BCUT2D eigenvalue weighted by Gasteiger charge is -2.21. The third kappa shape index (κ3) is 6.14. The van der Waals surface area contributed by atoms with Crippen LogP contribution in [0.5, 0.6) is 0 Å². The molecular weight excluding hydrogens is 314 g/mol. The summed E-state index contributed by atoms with van der Waals surface area (Å²) in [7, 11) is 0. The fourth-order valence-corrected chi connectivity index (χ4v) is 1.68. The number of rotatable bonds is 5. The normalized spacial score (nSPS) is 11.9. The van der Waals surface area contributed by atoms with Gasteiger partial charge in [-0.15, -0.1) is 0 Å². The van der Waals surface area contributed by atoms with E-state index in [9.17, 15) is 22.4 Å². The highest BCUT2D eigenvalue weighted by Gasteiger charge is 2.32. The van der Waals surface area contributed by atoms with Crippen LogP contribution in [0.25, 0.3) is 6.08 Å². The minimum absolute atomic E-state index is 0.160. The van der Waals surface area contributed by atoms with Crippen LogP contribution in [0.15, 0.2) is 24.3 Å². The van der Waals surface area contributed by atoms with E-state index in [2.05, 4.69) is 0 Å². The molecule has 0 saturated heterocycles. The number of aliphatic hydroxyl groups excluding tert-OH is 1. The van der Waals surface area contributed by atoms with Crippen LogP contribution < -0.4 is 0 Å². The van der Waals surface area contributed by atoms with Crippen molar-refractivity contribution >= 4 is 23.6 Å². The third-order valence-corrected chi connectivity index (χ3v) is 2.70. The van der Waals surface area contributed by atoms with Gasteiger partial charge in [-0.2, -0.15) is 13.2 Å². The van der Waals surface area contributed by atoms with Gasteiger partial charge in [-0.1, -0.05) is 17.7 Å². The number of carbonyl (C=O) groups excluding carboxylic acids is 1. The summed E-state index contributed by atoms with van der Waals surface area (Å²) in [4.78, 5) is 12.1. The van der Waals surface area contributed by atoms with Gasteiger partial charge in [-0.25, -0.2) is 4.39 Å². The summed E-state index contributed by atoms with van der Waals surface area (Å²) in [5.74, 6) is -1.55. The molecule has 1 aromatic rings. The first-order valence-electron chi connectivity index (χ1n) is 5.82. The standard InChI is InChI=1S/C13H12ClF4NO2/c14-10-7-9(1-3-11(10)15)2-4-12(21)19(5-6-20)8-13(16,17)18/h1-4,7,20H,5-6,8H2/b4-2+. The van der Waals surface area contributed by atoms with Crippen LogP contribution in [0.3, 0.4) is 0 Å². The molecule has 116 valence electrons. The molecule has 3 nitrogen and oxygen atoms in total. The maximum Gasteiger partial charge on any atom is 0.406 e. The Morgan fingerprint density at radius 3 is 2.57 bits per heavy atom. The minimum Gasteiger partial charge on any atom is -0.395 e. The number of alkyl halides is 3. The molecule has 0 aliphatic rings. The zero-order valence-corrected chi connectivity index (χ0v) is 11.5. The summed E-state index contributed by atoms with van der Waals surface area (Å²) in [6, 6.07) is 3.64. The number of benzene rings is 1. The zero-order chi connectivity index (χ0) is 16.0. The molecule has 8 heteroatoms. The van der Waals surface area contributed by atoms with Crippen molar-refractivity contribution in [3.05, 3.63) is 40.7 Å². The first-order chi connectivity index (χ1) is 9.73. The van der Waals surface area contributed by atoms with Gasteiger partial charge >= 0.3 is 6.18 Å². The van der Waals surface area contributed by atoms with Gasteiger partial charge in [0.1, 0.15) is 12.4 Å². The Hall–Kier alpha value is -1.60. The summed E-state index contributed by atoms with van der Waals surface area (Å²) in [5.41, 5.74) is 0.366. The molecule has 0 aliphatic carbocycles. The Balaban J connectivity index is 2.80. The van der Waals surface area contributed by atoms with Gasteiger partial charge < -0.3 is 10.0 Å². The largest absolute Gasteiger partial charge is 0.406 e. The number of hydrogen-bond acceptors (Lipinski definition) is 2. The first-order valence-corrected chi connectivity index (χ1v) is 6.20. The Morgan fingerprint density at radius 2 is 2.05 bits per heavy atom. The maximum absolute atomic E-state index is 12.9. The lowest BCUT2D eigenvalue weighted by atomic mass is 10.2. The van der Waals surface area contributed by atoms with Crippen LogP contribution in [0.1, 0.15) is 5.56 Å². The number of amides is 1. The van der Waals surface area contributed by atoms with Crippen LogP contribution >= 0.6 is 11.6 Å². The Bertz CT molecular complexity index is 531. The van der Waals surface area contributed by atoms with Crippen molar-refractivity contribution in [1.29, 1.82) is 0 Å². The van der Waals surface area contributed by atoms with Crippen molar-refractivity contribution < 1.29 is 27.5 Å². The van der Waals surface area contributed by atoms with Gasteiger partial charge in [-0.05, 0) is 23.8 Å². The van der Waals surface area contributed by atoms with Crippen molar-refractivity contribution in [2.45, 2.75) is 6.18 Å². The molecule has 1 N–H and O–H groups in total. The van der Waals surface area contributed by atoms with Gasteiger partial charge in [0.05, 0.1) is 11.6 Å². The second kappa shape index (κ2) is 7.42. The second-order valence-corrected chi connectivity index (χ2v) is 4.51. The number of nitrogens with zero attached hydrogens (tertiary/aromatic N) is 1. The van der Waals surface area contributed by atoms with E-state index in [4.69, 9.17) is 16.7 Å². The average molecular weight is 326 g/mol. The molecule has 0 radical (unpaired) electrons. The first kappa shape index (κ1) is 17.5. The summed E-state index contributed by atoms with van der Waals surface area (Å²) in [5, 5.41) is 8.53. The van der Waals surface area contributed by atoms with Crippen LogP contribution in [0, 0.1) is 5.82 Å². The van der Waals surface area contributed by atoms with Crippen LogP contribution in [-0.2, 0) is 4.79 Å². The molecule has 0 fully saturated rings. The van der Waals surface area contributed by atoms with E-state index in [0.717, 1.165) is 12.1 Å². The lowest BCUT2D eigenvalue weighted by Crippen LogP contribution is -2.39. The summed E-state index contributed by atoms with van der Waals surface area (Å²) in [6.45, 7) is -2.48. The quantitative estimate of drug-likeness (QED) is 0.668. The topological polar surface area (TPSA) is 40.5 Å². The molecular formula is C13H12ClF4NO2. The number of halogens is 5. The third-order valence-electron chi connectivity index (χ3n) is 2.41. The molecule has 0 saturated carbocycles. The van der Waals surface area contributed by atoms with Crippen molar-refractivity contribution in [2.75, 3.05) is 19.7 Å². The number of hydrogen-bond donors (Lipinski definition) is 1. The van der Waals surface area contributed by atoms with E-state index < -0.39 is 37.6 Å². The highest BCUT2D eigenvalue weighted by atomic mass is 35.5. The van der Waals surface area contributed by atoms with Crippen molar-refractivity contribution in [3.8, 4) is 0 Å². The molecule has 0 atom stereocenters. The zero-order valence-electron chi connectivity index (χ0n) is 10.7. The fourth-order valence-electron chi connectivity index (χ4n) is 1.49. The average Bonchev–Trinajstić information content (AvgIpc) is 2.38. The lowest BCUT2D eigenvalue weighted by molar-refractivity contribution is -0.158. The summed E-state index contributed by atoms with van der Waals surface area (Å²) >= 11 is 5.54. The van der Waals surface area contributed by atoms with Crippen LogP contribution in [0.4, 0.5) is 17.6 Å². The predicted molar refractivity (Wildman–Crippen MR) is 70.2 cm³/mol. The van der Waals surface area contributed by atoms with E-state index in [-0.39, 0.29) is 5.02 Å². The molecule has 0 aromatic heterocycles. The second-order valence-electron chi connectivity index (χ2n) is 4.11. The summed E-state index contributed by atoms with van der Waals surface area (Å²) < 4.78 is 49.8. The minimum atomic E-state index is -4.56. The predicted octanol–water partition coefficient (Wildman–Crippen LogP) is 2.88. The Labute approximate surface area is 123 Å². The number of carbonyl (C=O) groups is 1. The molecule has 1 rings (SSSR count). The van der Waals surface area contributed by atoms with Gasteiger partial charge in [0.2, 0.25) is 5.91 Å². The van der Waals surface area contributed by atoms with Gasteiger partial charge in [0, 0.05) is 12.6 Å². The Morgan fingerprint density at radius 1 is 1.38 bits per heavy atom. The maximum atomic E-state index is 12.9. The smallest absolute Gasteiger partial charge is 0.395 e. The van der Waals surface area contributed by atoms with Crippen molar-refractivity contribution in [1.82, 2.24) is 4.90 Å². The molecule has 21 heavy (non-hydrogen) atoms. The van der Waals surface area contributed by atoms with Gasteiger partial charge in [-0.3, -0.25) is 4.79 Å². The van der Waals surface area contributed by atoms with E-state index in [1.807, 2.05) is 0 Å². The van der Waals surface area contributed by atoms with Crippen LogP contribution in [-0.4, -0.2) is 41.8 Å². The summed E-state index contributed by atoms with van der Waals surface area (Å²) in [6.07, 6.45) is -2.43. The number of aliphatic hydroxyl groups is 1. The molecule has 0 spiro atoms. The highest BCUT2D eigenvalue weighted by molar-refractivity contribution is 6.30. The molecule has 0 bridgehead atoms.